The lowest BCUT2D eigenvalue weighted by Crippen LogP contribution is -2.46. The normalized spacial score (nSPS) is 21.1. The Hall–Kier alpha value is -2.21. The number of hydrogen-bond donors (Lipinski definition) is 1. The standard InChI is InChI=1S/C22H27N3O2S/c1-4-17(21(26)23-16-11-7-5-9-13(16)2)25-22(27)19-15-10-6-8-12-18(15)28-20(19)14(3)24-25/h6,8,10,12-13,16-17H,4-5,7,9,11H2,1-3H3,(H,23,26). The molecule has 3 unspecified atom stereocenters. The summed E-state index contributed by atoms with van der Waals surface area (Å²) in [6.07, 6.45) is 5.07. The summed E-state index contributed by atoms with van der Waals surface area (Å²) >= 11 is 1.59. The molecule has 0 saturated heterocycles. The third-order valence-electron chi connectivity index (χ3n) is 6.03. The summed E-state index contributed by atoms with van der Waals surface area (Å²) < 4.78 is 3.41. The Balaban J connectivity index is 1.75. The van der Waals surface area contributed by atoms with E-state index in [0.29, 0.717) is 17.7 Å². The highest BCUT2D eigenvalue weighted by Crippen LogP contribution is 2.33. The molecule has 0 aliphatic heterocycles. The minimum absolute atomic E-state index is 0.0888. The van der Waals surface area contributed by atoms with E-state index in [2.05, 4.69) is 17.3 Å². The summed E-state index contributed by atoms with van der Waals surface area (Å²) in [5.41, 5.74) is 0.629. The highest BCUT2D eigenvalue weighted by Gasteiger charge is 2.28. The number of amides is 1. The number of fused-ring (bicyclic) bond motifs is 3. The van der Waals surface area contributed by atoms with Crippen LogP contribution >= 0.6 is 11.3 Å². The Morgan fingerprint density at radius 2 is 2.07 bits per heavy atom. The van der Waals surface area contributed by atoms with Crippen molar-refractivity contribution in [3.63, 3.8) is 0 Å². The van der Waals surface area contributed by atoms with E-state index >= 15 is 0 Å². The molecule has 6 heteroatoms. The topological polar surface area (TPSA) is 64.0 Å². The quantitative estimate of drug-likeness (QED) is 0.702. The summed E-state index contributed by atoms with van der Waals surface area (Å²) in [7, 11) is 0. The van der Waals surface area contributed by atoms with E-state index in [4.69, 9.17) is 0 Å². The Kier molecular flexibility index (Phi) is 5.23. The van der Waals surface area contributed by atoms with Crippen molar-refractivity contribution in [1.29, 1.82) is 0 Å². The molecule has 1 aromatic carbocycles. The van der Waals surface area contributed by atoms with E-state index < -0.39 is 6.04 Å². The van der Waals surface area contributed by atoms with Gasteiger partial charge in [0.05, 0.1) is 15.8 Å². The average molecular weight is 398 g/mol. The maximum atomic E-state index is 13.3. The predicted octanol–water partition coefficient (Wildman–Crippen LogP) is 4.57. The largest absolute Gasteiger partial charge is 0.351 e. The van der Waals surface area contributed by atoms with E-state index in [1.165, 1.54) is 11.1 Å². The fraction of sp³-hybridized carbons (Fsp3) is 0.500. The molecule has 1 aliphatic carbocycles. The number of carbonyl (C=O) groups is 1. The van der Waals surface area contributed by atoms with Gasteiger partial charge in [0, 0.05) is 16.1 Å². The van der Waals surface area contributed by atoms with Gasteiger partial charge in [-0.25, -0.2) is 4.68 Å². The van der Waals surface area contributed by atoms with E-state index in [1.54, 1.807) is 11.3 Å². The fourth-order valence-electron chi connectivity index (χ4n) is 4.37. The van der Waals surface area contributed by atoms with Crippen LogP contribution in [-0.4, -0.2) is 21.7 Å². The van der Waals surface area contributed by atoms with Gasteiger partial charge < -0.3 is 5.32 Å². The molecule has 1 aliphatic rings. The molecule has 1 N–H and O–H groups in total. The number of aryl methyl sites for hydroxylation is 1. The second-order valence-electron chi connectivity index (χ2n) is 7.94. The lowest BCUT2D eigenvalue weighted by molar-refractivity contribution is -0.126. The number of aromatic nitrogens is 2. The van der Waals surface area contributed by atoms with Gasteiger partial charge in [0.25, 0.3) is 5.56 Å². The maximum absolute atomic E-state index is 13.3. The van der Waals surface area contributed by atoms with Crippen molar-refractivity contribution in [2.45, 2.75) is 65.0 Å². The van der Waals surface area contributed by atoms with Gasteiger partial charge in [-0.1, -0.05) is 44.9 Å². The lowest BCUT2D eigenvalue weighted by Gasteiger charge is -2.31. The Labute approximate surface area is 168 Å². The van der Waals surface area contributed by atoms with Crippen LogP contribution in [0.1, 0.15) is 57.7 Å². The first kappa shape index (κ1) is 19.1. The summed E-state index contributed by atoms with van der Waals surface area (Å²) in [6, 6.07) is 7.54. The molecule has 28 heavy (non-hydrogen) atoms. The molecule has 2 aromatic heterocycles. The van der Waals surface area contributed by atoms with Crippen LogP contribution in [0.4, 0.5) is 0 Å². The molecule has 3 aromatic rings. The zero-order chi connectivity index (χ0) is 19.8. The first-order chi connectivity index (χ1) is 13.5. The smallest absolute Gasteiger partial charge is 0.276 e. The van der Waals surface area contributed by atoms with Gasteiger partial charge in [-0.05, 0) is 38.2 Å². The SMILES string of the molecule is CCC(C(=O)NC1CCCCC1C)n1nc(C)c2sc3ccccc3c2c1=O. The Bertz CT molecular complexity index is 1080. The van der Waals surface area contributed by atoms with Crippen LogP contribution in [0.2, 0.25) is 0 Å². The Morgan fingerprint density at radius 1 is 1.32 bits per heavy atom. The van der Waals surface area contributed by atoms with Crippen molar-refractivity contribution in [3.8, 4) is 0 Å². The van der Waals surface area contributed by atoms with Gasteiger partial charge in [-0.15, -0.1) is 11.3 Å². The first-order valence-corrected chi connectivity index (χ1v) is 11.0. The van der Waals surface area contributed by atoms with Gasteiger partial charge >= 0.3 is 0 Å². The molecule has 1 fully saturated rings. The molecule has 0 radical (unpaired) electrons. The monoisotopic (exact) mass is 397 g/mol. The first-order valence-electron chi connectivity index (χ1n) is 10.2. The number of nitrogens with zero attached hydrogens (tertiary/aromatic N) is 2. The highest BCUT2D eigenvalue weighted by molar-refractivity contribution is 7.26. The van der Waals surface area contributed by atoms with Gasteiger partial charge in [0.15, 0.2) is 0 Å². The predicted molar refractivity (Wildman–Crippen MR) is 115 cm³/mol. The van der Waals surface area contributed by atoms with E-state index in [9.17, 15) is 9.59 Å². The molecule has 2 heterocycles. The summed E-state index contributed by atoms with van der Waals surface area (Å²) in [6.45, 7) is 6.05. The van der Waals surface area contributed by atoms with Gasteiger partial charge in [0.1, 0.15) is 6.04 Å². The maximum Gasteiger partial charge on any atom is 0.276 e. The summed E-state index contributed by atoms with van der Waals surface area (Å²) in [4.78, 5) is 26.4. The second-order valence-corrected chi connectivity index (χ2v) is 8.99. The van der Waals surface area contributed by atoms with Crippen LogP contribution in [-0.2, 0) is 4.79 Å². The number of thiophene rings is 1. The van der Waals surface area contributed by atoms with Gasteiger partial charge in [0.2, 0.25) is 5.91 Å². The van der Waals surface area contributed by atoms with Crippen molar-refractivity contribution in [3.05, 3.63) is 40.3 Å². The zero-order valence-electron chi connectivity index (χ0n) is 16.7. The minimum Gasteiger partial charge on any atom is -0.351 e. The van der Waals surface area contributed by atoms with Crippen LogP contribution in [0, 0.1) is 12.8 Å². The van der Waals surface area contributed by atoms with Crippen LogP contribution in [0.3, 0.4) is 0 Å². The molecule has 0 spiro atoms. The average Bonchev–Trinajstić information content (AvgIpc) is 3.08. The van der Waals surface area contributed by atoms with Crippen molar-refractivity contribution in [2.24, 2.45) is 5.92 Å². The Morgan fingerprint density at radius 3 is 2.82 bits per heavy atom. The van der Waals surface area contributed by atoms with Gasteiger partial charge in [-0.3, -0.25) is 9.59 Å². The van der Waals surface area contributed by atoms with Crippen LogP contribution in [0.25, 0.3) is 20.2 Å². The summed E-state index contributed by atoms with van der Waals surface area (Å²) in [5.74, 6) is 0.388. The van der Waals surface area contributed by atoms with E-state index in [-0.39, 0.29) is 17.5 Å². The fourth-order valence-corrected chi connectivity index (χ4v) is 5.50. The van der Waals surface area contributed by atoms with E-state index in [0.717, 1.165) is 39.7 Å². The van der Waals surface area contributed by atoms with E-state index in [1.807, 2.05) is 38.1 Å². The molecular formula is C22H27N3O2S. The number of benzene rings is 1. The number of nitrogens with one attached hydrogen (secondary N) is 1. The third-order valence-corrected chi connectivity index (χ3v) is 7.31. The van der Waals surface area contributed by atoms with Crippen LogP contribution < -0.4 is 10.9 Å². The second kappa shape index (κ2) is 7.66. The third kappa shape index (κ3) is 3.24. The molecule has 4 rings (SSSR count). The van der Waals surface area contributed by atoms with Crippen molar-refractivity contribution >= 4 is 37.4 Å². The molecule has 148 valence electrons. The van der Waals surface area contributed by atoms with Crippen LogP contribution in [0.15, 0.2) is 29.1 Å². The number of hydrogen-bond acceptors (Lipinski definition) is 4. The molecule has 1 saturated carbocycles. The molecule has 5 nitrogen and oxygen atoms in total. The van der Waals surface area contributed by atoms with Crippen molar-refractivity contribution in [2.75, 3.05) is 0 Å². The number of rotatable bonds is 4. The zero-order valence-corrected chi connectivity index (χ0v) is 17.5. The lowest BCUT2D eigenvalue weighted by atomic mass is 9.86. The molecule has 0 bridgehead atoms. The highest BCUT2D eigenvalue weighted by atomic mass is 32.1. The number of carbonyl (C=O) groups excluding carboxylic acids is 1. The summed E-state index contributed by atoms with van der Waals surface area (Å²) in [5, 5.41) is 9.39. The minimum atomic E-state index is -0.580. The molecule has 1 amide bonds. The molecule has 3 atom stereocenters. The van der Waals surface area contributed by atoms with Crippen molar-refractivity contribution in [1.82, 2.24) is 15.1 Å². The van der Waals surface area contributed by atoms with Crippen LogP contribution in [0.5, 0.6) is 0 Å². The van der Waals surface area contributed by atoms with Crippen molar-refractivity contribution < 1.29 is 4.79 Å². The van der Waals surface area contributed by atoms with Gasteiger partial charge in [-0.2, -0.15) is 5.10 Å². The molecular weight excluding hydrogens is 370 g/mol.